The van der Waals surface area contributed by atoms with Gasteiger partial charge in [-0.3, -0.25) is 4.79 Å². The van der Waals surface area contributed by atoms with Crippen LogP contribution in [0.5, 0.6) is 0 Å². The Morgan fingerprint density at radius 3 is 2.43 bits per heavy atom. The van der Waals surface area contributed by atoms with Crippen molar-refractivity contribution in [3.8, 4) is 0 Å². The van der Waals surface area contributed by atoms with E-state index in [0.29, 0.717) is 12.8 Å². The second kappa shape index (κ2) is 4.78. The van der Waals surface area contributed by atoms with Crippen LogP contribution < -0.4 is 0 Å². The number of esters is 1. The minimum absolute atomic E-state index is 0.422. The zero-order valence-electron chi connectivity index (χ0n) is 7.97. The van der Waals surface area contributed by atoms with Crippen LogP contribution in [0.3, 0.4) is 0 Å². The van der Waals surface area contributed by atoms with Crippen LogP contribution in [0.1, 0.15) is 32.6 Å². The van der Waals surface area contributed by atoms with E-state index in [2.05, 4.69) is 4.84 Å². The average Bonchev–Trinajstić information content (AvgIpc) is 2.06. The molecule has 1 fully saturated rings. The number of nitrogens with zero attached hydrogens (tertiary/aromatic N) is 1. The van der Waals surface area contributed by atoms with Gasteiger partial charge in [0.1, 0.15) is 12.2 Å². The Morgan fingerprint density at radius 2 is 1.93 bits per heavy atom. The fourth-order valence-electron chi connectivity index (χ4n) is 1.64. The molecule has 0 spiro atoms. The molecule has 0 saturated heterocycles. The lowest BCUT2D eigenvalue weighted by Crippen LogP contribution is -2.37. The molecule has 1 rings (SSSR count). The lowest BCUT2D eigenvalue weighted by atomic mass is 9.95. The minimum Gasteiger partial charge on any atom is -0.460 e. The third-order valence-corrected chi connectivity index (χ3v) is 2.18. The van der Waals surface area contributed by atoms with E-state index < -0.39 is 23.3 Å². The van der Waals surface area contributed by atoms with Gasteiger partial charge in [-0.25, -0.2) is 0 Å². The SMILES string of the molecule is CC(=O)O[C@@H]1CCCC[C@H]1O[N+](=O)[O-]. The van der Waals surface area contributed by atoms with Gasteiger partial charge in [0.15, 0.2) is 0 Å². The second-order valence-electron chi connectivity index (χ2n) is 3.30. The van der Waals surface area contributed by atoms with Crippen molar-refractivity contribution in [2.45, 2.75) is 44.8 Å². The Hall–Kier alpha value is -1.33. The Bertz CT molecular complexity index is 206. The summed E-state index contributed by atoms with van der Waals surface area (Å²) >= 11 is 0. The Morgan fingerprint density at radius 1 is 1.36 bits per heavy atom. The Balaban J connectivity index is 2.49. The number of rotatable bonds is 3. The van der Waals surface area contributed by atoms with E-state index in [9.17, 15) is 14.9 Å². The Kier molecular flexibility index (Phi) is 3.67. The number of ether oxygens (including phenoxy) is 1. The highest BCUT2D eigenvalue weighted by Gasteiger charge is 2.30. The third-order valence-electron chi connectivity index (χ3n) is 2.18. The van der Waals surface area contributed by atoms with E-state index in [1.165, 1.54) is 6.92 Å². The third kappa shape index (κ3) is 3.20. The zero-order chi connectivity index (χ0) is 10.6. The summed E-state index contributed by atoms with van der Waals surface area (Å²) in [6, 6.07) is 0. The molecule has 80 valence electrons. The molecule has 0 heterocycles. The number of hydrogen-bond acceptors (Lipinski definition) is 5. The largest absolute Gasteiger partial charge is 0.460 e. The first kappa shape index (κ1) is 10.7. The molecule has 0 radical (unpaired) electrons. The quantitative estimate of drug-likeness (QED) is 0.389. The molecule has 0 unspecified atom stereocenters. The molecule has 0 aromatic heterocycles. The highest BCUT2D eigenvalue weighted by atomic mass is 17.0. The molecule has 0 aliphatic heterocycles. The first-order valence-corrected chi connectivity index (χ1v) is 4.58. The van der Waals surface area contributed by atoms with Gasteiger partial charge >= 0.3 is 5.97 Å². The average molecular weight is 203 g/mol. The van der Waals surface area contributed by atoms with Gasteiger partial charge < -0.3 is 9.57 Å². The molecule has 1 aliphatic rings. The fraction of sp³-hybridized carbons (Fsp3) is 0.875. The van der Waals surface area contributed by atoms with Gasteiger partial charge in [0.25, 0.3) is 5.09 Å². The van der Waals surface area contributed by atoms with Gasteiger partial charge in [-0.1, -0.05) is 6.42 Å². The first-order chi connectivity index (χ1) is 6.59. The maximum atomic E-state index is 10.7. The van der Waals surface area contributed by atoms with Crippen LogP contribution in [0, 0.1) is 10.1 Å². The van der Waals surface area contributed by atoms with Crippen molar-refractivity contribution in [1.29, 1.82) is 0 Å². The normalized spacial score (nSPS) is 26.6. The van der Waals surface area contributed by atoms with Crippen LogP contribution in [-0.2, 0) is 14.4 Å². The van der Waals surface area contributed by atoms with Crippen LogP contribution in [0.2, 0.25) is 0 Å². The van der Waals surface area contributed by atoms with Crippen LogP contribution in [-0.4, -0.2) is 23.3 Å². The van der Waals surface area contributed by atoms with Gasteiger partial charge in [-0.2, -0.15) is 0 Å². The van der Waals surface area contributed by atoms with Crippen LogP contribution in [0.15, 0.2) is 0 Å². The maximum Gasteiger partial charge on any atom is 0.302 e. The lowest BCUT2D eigenvalue weighted by Gasteiger charge is -2.28. The molecule has 0 N–H and O–H groups in total. The molecule has 2 atom stereocenters. The number of carbonyl (C=O) groups excluding carboxylic acids is 1. The fourth-order valence-corrected chi connectivity index (χ4v) is 1.64. The second-order valence-corrected chi connectivity index (χ2v) is 3.30. The summed E-state index contributed by atoms with van der Waals surface area (Å²) < 4.78 is 4.94. The predicted molar refractivity (Wildman–Crippen MR) is 45.9 cm³/mol. The molecule has 1 aliphatic carbocycles. The summed E-state index contributed by atoms with van der Waals surface area (Å²) in [5.74, 6) is -0.422. The van der Waals surface area contributed by atoms with Crippen molar-refractivity contribution in [2.75, 3.05) is 0 Å². The van der Waals surface area contributed by atoms with E-state index >= 15 is 0 Å². The van der Waals surface area contributed by atoms with E-state index in [-0.39, 0.29) is 0 Å². The van der Waals surface area contributed by atoms with E-state index in [1.807, 2.05) is 0 Å². The van der Waals surface area contributed by atoms with Gasteiger partial charge in [-0.15, -0.1) is 10.1 Å². The predicted octanol–water partition coefficient (Wildman–Crippen LogP) is 1.07. The van der Waals surface area contributed by atoms with Gasteiger partial charge in [0, 0.05) is 6.92 Å². The highest BCUT2D eigenvalue weighted by molar-refractivity contribution is 5.66. The van der Waals surface area contributed by atoms with Gasteiger partial charge in [0.2, 0.25) is 0 Å². The monoisotopic (exact) mass is 203 g/mol. The van der Waals surface area contributed by atoms with Crippen molar-refractivity contribution in [2.24, 2.45) is 0 Å². The maximum absolute atomic E-state index is 10.7. The van der Waals surface area contributed by atoms with Crippen molar-refractivity contribution >= 4 is 5.97 Å². The molecule has 6 nitrogen and oxygen atoms in total. The Labute approximate surface area is 81.3 Å². The first-order valence-electron chi connectivity index (χ1n) is 4.58. The molecule has 0 bridgehead atoms. The van der Waals surface area contributed by atoms with Crippen LogP contribution in [0.25, 0.3) is 0 Å². The summed E-state index contributed by atoms with van der Waals surface area (Å²) in [6.07, 6.45) is 1.93. The van der Waals surface area contributed by atoms with E-state index in [1.54, 1.807) is 0 Å². The summed E-state index contributed by atoms with van der Waals surface area (Å²) in [5, 5.41) is 9.31. The molecule has 0 aromatic rings. The minimum atomic E-state index is -0.827. The lowest BCUT2D eigenvalue weighted by molar-refractivity contribution is -0.771. The highest BCUT2D eigenvalue weighted by Crippen LogP contribution is 2.23. The van der Waals surface area contributed by atoms with E-state index in [0.717, 1.165) is 12.8 Å². The van der Waals surface area contributed by atoms with Crippen LogP contribution >= 0.6 is 0 Å². The van der Waals surface area contributed by atoms with Crippen molar-refractivity contribution in [3.05, 3.63) is 10.1 Å². The summed E-state index contributed by atoms with van der Waals surface area (Å²) in [4.78, 5) is 25.3. The van der Waals surface area contributed by atoms with Crippen LogP contribution in [0.4, 0.5) is 0 Å². The molecular formula is C8H13NO5. The van der Waals surface area contributed by atoms with Gasteiger partial charge in [0.05, 0.1) is 0 Å². The van der Waals surface area contributed by atoms with Crippen molar-refractivity contribution < 1.29 is 19.5 Å². The molecular weight excluding hydrogens is 190 g/mol. The number of hydrogen-bond donors (Lipinski definition) is 0. The smallest absolute Gasteiger partial charge is 0.302 e. The molecule has 14 heavy (non-hydrogen) atoms. The van der Waals surface area contributed by atoms with Crippen molar-refractivity contribution in [3.63, 3.8) is 0 Å². The summed E-state index contributed by atoms with van der Waals surface area (Å²) in [7, 11) is 0. The molecule has 0 amide bonds. The molecule has 6 heteroatoms. The zero-order valence-corrected chi connectivity index (χ0v) is 7.97. The summed E-state index contributed by atoms with van der Waals surface area (Å²) in [5.41, 5.74) is 0. The number of carbonyl (C=O) groups is 1. The van der Waals surface area contributed by atoms with Gasteiger partial charge in [-0.05, 0) is 19.3 Å². The molecule has 1 saturated carbocycles. The van der Waals surface area contributed by atoms with E-state index in [4.69, 9.17) is 4.74 Å². The molecule has 0 aromatic carbocycles. The van der Waals surface area contributed by atoms with Crippen molar-refractivity contribution in [1.82, 2.24) is 0 Å². The summed E-state index contributed by atoms with van der Waals surface area (Å²) in [6.45, 7) is 1.29. The standard InChI is InChI=1S/C8H13NO5/c1-6(10)13-7-4-2-3-5-8(7)14-9(11)12/h7-8H,2-5H2,1H3/t7-,8-/m1/s1. The topological polar surface area (TPSA) is 78.7 Å².